The number of hydrogen-bond acceptors (Lipinski definition) is 7. The van der Waals surface area contributed by atoms with E-state index in [0.29, 0.717) is 5.16 Å². The van der Waals surface area contributed by atoms with Crippen molar-refractivity contribution < 1.29 is 0 Å². The molecule has 20 heavy (non-hydrogen) atoms. The van der Waals surface area contributed by atoms with Gasteiger partial charge in [0.15, 0.2) is 5.16 Å². The van der Waals surface area contributed by atoms with E-state index >= 15 is 0 Å². The van der Waals surface area contributed by atoms with Gasteiger partial charge in [-0.3, -0.25) is 0 Å². The fourth-order valence-electron chi connectivity index (χ4n) is 1.80. The van der Waals surface area contributed by atoms with Gasteiger partial charge in [0.1, 0.15) is 9.86 Å². The number of nitrogens with zero attached hydrogens (tertiary/aromatic N) is 4. The van der Waals surface area contributed by atoms with Crippen molar-refractivity contribution in [1.29, 1.82) is 0 Å². The lowest BCUT2D eigenvalue weighted by Crippen LogP contribution is -1.99. The maximum Gasteiger partial charge on any atom is 0.222 e. The Balaban J connectivity index is 2.07. The molecule has 5 nitrogen and oxygen atoms in total. The molecular formula is C13H13N5S2. The number of nitrogens with two attached hydrogens (primary N) is 1. The summed E-state index contributed by atoms with van der Waals surface area (Å²) in [7, 11) is 0. The van der Waals surface area contributed by atoms with Crippen LogP contribution in [-0.2, 0) is 0 Å². The number of thiophene rings is 1. The molecule has 0 saturated carbocycles. The van der Waals surface area contributed by atoms with Crippen LogP contribution in [0.1, 0.15) is 17.0 Å². The van der Waals surface area contributed by atoms with Gasteiger partial charge in [-0.25, -0.2) is 19.9 Å². The molecule has 3 rings (SSSR count). The van der Waals surface area contributed by atoms with Gasteiger partial charge >= 0.3 is 0 Å². The molecule has 3 aromatic heterocycles. The molecule has 0 saturated heterocycles. The lowest BCUT2D eigenvalue weighted by Gasteiger charge is -2.07. The molecule has 0 unspecified atom stereocenters. The summed E-state index contributed by atoms with van der Waals surface area (Å²) in [5.74, 6) is 0.281. The molecule has 0 bridgehead atoms. The van der Waals surface area contributed by atoms with E-state index in [1.165, 1.54) is 11.8 Å². The zero-order valence-electron chi connectivity index (χ0n) is 11.3. The molecule has 0 aliphatic rings. The zero-order valence-corrected chi connectivity index (χ0v) is 13.0. The fraction of sp³-hybridized carbons (Fsp3) is 0.231. The van der Waals surface area contributed by atoms with Gasteiger partial charge in [-0.2, -0.15) is 0 Å². The summed E-state index contributed by atoms with van der Waals surface area (Å²) in [6.07, 6.45) is 0. The molecule has 0 aromatic carbocycles. The molecule has 102 valence electrons. The van der Waals surface area contributed by atoms with Crippen LogP contribution >= 0.6 is 23.1 Å². The molecule has 0 spiro atoms. The normalized spacial score (nSPS) is 11.2. The minimum atomic E-state index is 0.281. The van der Waals surface area contributed by atoms with Gasteiger partial charge in [-0.05, 0) is 49.5 Å². The van der Waals surface area contributed by atoms with E-state index in [9.17, 15) is 0 Å². The third-order valence-corrected chi connectivity index (χ3v) is 4.78. The van der Waals surface area contributed by atoms with Crippen molar-refractivity contribution in [3.05, 3.63) is 28.4 Å². The van der Waals surface area contributed by atoms with Crippen molar-refractivity contribution in [1.82, 2.24) is 19.9 Å². The van der Waals surface area contributed by atoms with Crippen LogP contribution < -0.4 is 5.73 Å². The zero-order chi connectivity index (χ0) is 14.3. The minimum absolute atomic E-state index is 0.281. The minimum Gasteiger partial charge on any atom is -0.368 e. The van der Waals surface area contributed by atoms with E-state index in [2.05, 4.69) is 19.9 Å². The van der Waals surface area contributed by atoms with Gasteiger partial charge < -0.3 is 5.73 Å². The van der Waals surface area contributed by atoms with Crippen LogP contribution in [0.15, 0.2) is 21.6 Å². The predicted octanol–water partition coefficient (Wildman–Crippen LogP) is 3.14. The molecule has 3 aromatic rings. The summed E-state index contributed by atoms with van der Waals surface area (Å²) >= 11 is 2.98. The quantitative estimate of drug-likeness (QED) is 0.579. The van der Waals surface area contributed by atoms with E-state index in [4.69, 9.17) is 5.73 Å². The molecular weight excluding hydrogens is 290 g/mol. The molecule has 0 aliphatic heterocycles. The maximum atomic E-state index is 5.75. The molecule has 0 atom stereocenters. The third-order valence-electron chi connectivity index (χ3n) is 3.11. The highest BCUT2D eigenvalue weighted by Gasteiger charge is 2.12. The monoisotopic (exact) mass is 303 g/mol. The van der Waals surface area contributed by atoms with Crippen LogP contribution in [0.25, 0.3) is 10.2 Å². The van der Waals surface area contributed by atoms with E-state index in [-0.39, 0.29) is 5.95 Å². The highest BCUT2D eigenvalue weighted by molar-refractivity contribution is 7.99. The Bertz CT molecular complexity index is 774. The number of rotatable bonds is 2. The topological polar surface area (TPSA) is 77.6 Å². The Morgan fingerprint density at radius 3 is 2.45 bits per heavy atom. The first-order valence-electron chi connectivity index (χ1n) is 6.05. The summed E-state index contributed by atoms with van der Waals surface area (Å²) in [5.41, 5.74) is 8.85. The molecule has 0 amide bonds. The molecule has 2 N–H and O–H groups in total. The number of fused-ring (bicyclic) bond motifs is 1. The maximum absolute atomic E-state index is 5.75. The van der Waals surface area contributed by atoms with Crippen molar-refractivity contribution in [2.45, 2.75) is 31.0 Å². The largest absolute Gasteiger partial charge is 0.368 e. The number of aryl methyl sites for hydroxylation is 2. The van der Waals surface area contributed by atoms with Crippen LogP contribution in [0.4, 0.5) is 5.95 Å². The van der Waals surface area contributed by atoms with Gasteiger partial charge in [0.2, 0.25) is 5.95 Å². The van der Waals surface area contributed by atoms with Crippen molar-refractivity contribution in [2.24, 2.45) is 0 Å². The summed E-state index contributed by atoms with van der Waals surface area (Å²) in [4.78, 5) is 18.4. The van der Waals surface area contributed by atoms with Crippen molar-refractivity contribution in [2.75, 3.05) is 5.73 Å². The lowest BCUT2D eigenvalue weighted by molar-refractivity contribution is 0.879. The van der Waals surface area contributed by atoms with Crippen molar-refractivity contribution in [3.8, 4) is 0 Å². The summed E-state index contributed by atoms with van der Waals surface area (Å²) in [6.45, 7) is 6.00. The smallest absolute Gasteiger partial charge is 0.222 e. The van der Waals surface area contributed by atoms with Gasteiger partial charge in [0, 0.05) is 16.8 Å². The molecule has 7 heteroatoms. The van der Waals surface area contributed by atoms with Crippen LogP contribution in [0.2, 0.25) is 0 Å². The second kappa shape index (κ2) is 4.99. The molecule has 0 fully saturated rings. The first-order chi connectivity index (χ1) is 9.54. The second-order valence-corrected chi connectivity index (χ2v) is 6.28. The molecule has 3 heterocycles. The summed E-state index contributed by atoms with van der Waals surface area (Å²) < 4.78 is 0. The van der Waals surface area contributed by atoms with E-state index in [0.717, 1.165) is 32.2 Å². The molecule has 0 radical (unpaired) electrons. The Kier molecular flexibility index (Phi) is 3.31. The number of hydrogen-bond donors (Lipinski definition) is 1. The second-order valence-electron chi connectivity index (χ2n) is 4.43. The Labute approximate surface area is 124 Å². The predicted molar refractivity (Wildman–Crippen MR) is 82.2 cm³/mol. The fourth-order valence-corrected chi connectivity index (χ4v) is 3.58. The van der Waals surface area contributed by atoms with Crippen molar-refractivity contribution >= 4 is 39.3 Å². The number of nitrogen functional groups attached to an aromatic ring is 1. The Morgan fingerprint density at radius 1 is 1.05 bits per heavy atom. The number of anilines is 1. The Morgan fingerprint density at radius 2 is 1.75 bits per heavy atom. The van der Waals surface area contributed by atoms with E-state index < -0.39 is 0 Å². The third kappa shape index (κ3) is 2.34. The van der Waals surface area contributed by atoms with Crippen LogP contribution in [0, 0.1) is 20.8 Å². The van der Waals surface area contributed by atoms with Crippen LogP contribution in [0.5, 0.6) is 0 Å². The summed E-state index contributed by atoms with van der Waals surface area (Å²) in [5, 5.41) is 4.47. The van der Waals surface area contributed by atoms with Crippen LogP contribution in [0.3, 0.4) is 0 Å². The lowest BCUT2D eigenvalue weighted by atomic mass is 10.2. The van der Waals surface area contributed by atoms with Gasteiger partial charge in [-0.15, -0.1) is 11.3 Å². The van der Waals surface area contributed by atoms with Gasteiger partial charge in [-0.1, -0.05) is 0 Å². The highest BCUT2D eigenvalue weighted by atomic mass is 32.2. The highest BCUT2D eigenvalue weighted by Crippen LogP contribution is 2.32. The number of aromatic nitrogens is 4. The van der Waals surface area contributed by atoms with E-state index in [1.807, 2.05) is 32.2 Å². The van der Waals surface area contributed by atoms with E-state index in [1.54, 1.807) is 11.3 Å². The average molecular weight is 303 g/mol. The molecule has 0 aliphatic carbocycles. The first-order valence-corrected chi connectivity index (χ1v) is 7.74. The summed E-state index contributed by atoms with van der Waals surface area (Å²) in [6, 6.07) is 2.00. The van der Waals surface area contributed by atoms with Gasteiger partial charge in [0.05, 0.1) is 0 Å². The SMILES string of the molecule is Cc1nc(Sc2nc(N)nc3sccc23)nc(C)c1C. The Hall–Kier alpha value is -1.73. The average Bonchev–Trinajstić information content (AvgIpc) is 2.84. The van der Waals surface area contributed by atoms with Gasteiger partial charge in [0.25, 0.3) is 0 Å². The standard InChI is InChI=1S/C13H13N5S2/c1-6-7(2)15-13(16-8(6)3)20-11-9-4-5-19-10(9)17-12(14)18-11/h4-5H,1-3H3,(H2,14,17,18). The first kappa shape index (κ1) is 13.3. The van der Waals surface area contributed by atoms with Crippen LogP contribution in [-0.4, -0.2) is 19.9 Å². The van der Waals surface area contributed by atoms with Crippen molar-refractivity contribution in [3.63, 3.8) is 0 Å².